The third kappa shape index (κ3) is 3.72. The summed E-state index contributed by atoms with van der Waals surface area (Å²) >= 11 is 0. The molecule has 0 heteroatoms. The second-order valence-electron chi connectivity index (χ2n) is 5.26. The van der Waals surface area contributed by atoms with Crippen LogP contribution >= 0.6 is 0 Å². The van der Waals surface area contributed by atoms with E-state index in [0.29, 0.717) is 5.92 Å². The molecule has 0 saturated heterocycles. The van der Waals surface area contributed by atoms with Crippen LogP contribution in [0.5, 0.6) is 0 Å². The lowest BCUT2D eigenvalue weighted by Crippen LogP contribution is -1.96. The SMILES string of the molecule is CC.CCc1ccccc1-c1cc(C)ccc1C(C)C. The minimum Gasteiger partial charge on any atom is -0.0683 e. The average molecular weight is 268 g/mol. The Bertz CT molecular complexity index is 535. The monoisotopic (exact) mass is 268 g/mol. The van der Waals surface area contributed by atoms with Crippen molar-refractivity contribution in [2.75, 3.05) is 0 Å². The Kier molecular flexibility index (Phi) is 6.51. The smallest absolute Gasteiger partial charge is 0.0144 e. The Balaban J connectivity index is 0.000000956. The van der Waals surface area contributed by atoms with E-state index >= 15 is 0 Å². The third-order valence-electron chi connectivity index (χ3n) is 3.52. The molecule has 0 atom stereocenters. The van der Waals surface area contributed by atoms with Gasteiger partial charge in [0, 0.05) is 0 Å². The Morgan fingerprint density at radius 3 is 2.15 bits per heavy atom. The van der Waals surface area contributed by atoms with E-state index in [4.69, 9.17) is 0 Å². The molecule has 2 aromatic rings. The van der Waals surface area contributed by atoms with E-state index in [1.165, 1.54) is 27.8 Å². The highest BCUT2D eigenvalue weighted by Gasteiger charge is 2.11. The highest BCUT2D eigenvalue weighted by atomic mass is 14.2. The van der Waals surface area contributed by atoms with Gasteiger partial charge in [-0.25, -0.2) is 0 Å². The molecule has 0 aliphatic rings. The van der Waals surface area contributed by atoms with Crippen molar-refractivity contribution in [1.82, 2.24) is 0 Å². The van der Waals surface area contributed by atoms with Gasteiger partial charge >= 0.3 is 0 Å². The van der Waals surface area contributed by atoms with Gasteiger partial charge in [0.25, 0.3) is 0 Å². The Morgan fingerprint density at radius 1 is 0.900 bits per heavy atom. The van der Waals surface area contributed by atoms with Gasteiger partial charge in [-0.15, -0.1) is 0 Å². The maximum atomic E-state index is 2.32. The normalized spacial score (nSPS) is 10.2. The molecule has 0 spiro atoms. The van der Waals surface area contributed by atoms with E-state index in [2.05, 4.69) is 70.2 Å². The summed E-state index contributed by atoms with van der Waals surface area (Å²) in [6, 6.07) is 15.6. The van der Waals surface area contributed by atoms with Gasteiger partial charge in [-0.05, 0) is 41.5 Å². The summed E-state index contributed by atoms with van der Waals surface area (Å²) in [5.41, 5.74) is 7.02. The maximum Gasteiger partial charge on any atom is -0.0144 e. The van der Waals surface area contributed by atoms with E-state index in [9.17, 15) is 0 Å². The molecule has 0 radical (unpaired) electrons. The van der Waals surface area contributed by atoms with Crippen molar-refractivity contribution >= 4 is 0 Å². The molecule has 0 nitrogen and oxygen atoms in total. The quantitative estimate of drug-likeness (QED) is 0.606. The Morgan fingerprint density at radius 2 is 1.55 bits per heavy atom. The lowest BCUT2D eigenvalue weighted by molar-refractivity contribution is 0.868. The van der Waals surface area contributed by atoms with Gasteiger partial charge in [-0.3, -0.25) is 0 Å². The predicted molar refractivity (Wildman–Crippen MR) is 91.4 cm³/mol. The molecular formula is C20H28. The standard InChI is InChI=1S/C18H22.C2H6/c1-5-15-8-6-7-9-17(15)18-12-14(4)10-11-16(18)13(2)3;1-2/h6-13H,5H2,1-4H3;1-2H3. The summed E-state index contributed by atoms with van der Waals surface area (Å²) in [7, 11) is 0. The summed E-state index contributed by atoms with van der Waals surface area (Å²) in [5.74, 6) is 0.561. The number of benzene rings is 2. The van der Waals surface area contributed by atoms with Crippen molar-refractivity contribution in [3.8, 4) is 11.1 Å². The molecule has 20 heavy (non-hydrogen) atoms. The summed E-state index contributed by atoms with van der Waals surface area (Å²) in [4.78, 5) is 0. The van der Waals surface area contributed by atoms with Gasteiger partial charge in [0.2, 0.25) is 0 Å². The Labute approximate surface area is 124 Å². The van der Waals surface area contributed by atoms with Crippen molar-refractivity contribution < 1.29 is 0 Å². The van der Waals surface area contributed by atoms with Crippen molar-refractivity contribution in [2.45, 2.75) is 53.9 Å². The van der Waals surface area contributed by atoms with Crippen molar-refractivity contribution in [3.63, 3.8) is 0 Å². The lowest BCUT2D eigenvalue weighted by atomic mass is 9.88. The largest absolute Gasteiger partial charge is 0.0683 e. The van der Waals surface area contributed by atoms with Crippen LogP contribution in [-0.2, 0) is 6.42 Å². The molecule has 0 heterocycles. The van der Waals surface area contributed by atoms with Crippen molar-refractivity contribution in [1.29, 1.82) is 0 Å². The summed E-state index contributed by atoms with van der Waals surface area (Å²) in [6.45, 7) is 12.9. The zero-order valence-corrected chi connectivity index (χ0v) is 13.8. The summed E-state index contributed by atoms with van der Waals surface area (Å²) < 4.78 is 0. The van der Waals surface area contributed by atoms with Gasteiger partial charge < -0.3 is 0 Å². The first-order chi connectivity index (χ1) is 9.63. The highest BCUT2D eigenvalue weighted by Crippen LogP contribution is 2.32. The van der Waals surface area contributed by atoms with Gasteiger partial charge in [-0.1, -0.05) is 82.6 Å². The summed E-state index contributed by atoms with van der Waals surface area (Å²) in [5, 5.41) is 0. The third-order valence-corrected chi connectivity index (χ3v) is 3.52. The number of hydrogen-bond acceptors (Lipinski definition) is 0. The average Bonchev–Trinajstić information content (AvgIpc) is 2.48. The molecule has 2 aromatic carbocycles. The van der Waals surface area contributed by atoms with Crippen molar-refractivity contribution in [2.24, 2.45) is 0 Å². The van der Waals surface area contributed by atoms with Crippen LogP contribution in [0.25, 0.3) is 11.1 Å². The topological polar surface area (TPSA) is 0 Å². The second kappa shape index (κ2) is 7.89. The Hall–Kier alpha value is -1.56. The van der Waals surface area contributed by atoms with Crippen LogP contribution in [0.2, 0.25) is 0 Å². The van der Waals surface area contributed by atoms with E-state index in [1.54, 1.807) is 0 Å². The molecule has 2 rings (SSSR count). The van der Waals surface area contributed by atoms with Crippen LogP contribution < -0.4 is 0 Å². The van der Waals surface area contributed by atoms with E-state index in [-0.39, 0.29) is 0 Å². The van der Waals surface area contributed by atoms with E-state index in [0.717, 1.165) is 6.42 Å². The van der Waals surface area contributed by atoms with Crippen LogP contribution in [0.3, 0.4) is 0 Å². The lowest BCUT2D eigenvalue weighted by Gasteiger charge is -2.16. The molecule has 0 amide bonds. The molecule has 0 N–H and O–H groups in total. The van der Waals surface area contributed by atoms with Crippen LogP contribution in [0.1, 0.15) is 57.2 Å². The van der Waals surface area contributed by atoms with Gasteiger partial charge in [0.15, 0.2) is 0 Å². The van der Waals surface area contributed by atoms with E-state index in [1.807, 2.05) is 13.8 Å². The highest BCUT2D eigenvalue weighted by molar-refractivity contribution is 5.72. The number of hydrogen-bond donors (Lipinski definition) is 0. The molecule has 108 valence electrons. The fourth-order valence-corrected chi connectivity index (χ4v) is 2.50. The fraction of sp³-hybridized carbons (Fsp3) is 0.400. The molecule has 0 fully saturated rings. The molecular weight excluding hydrogens is 240 g/mol. The molecule has 0 saturated carbocycles. The fourth-order valence-electron chi connectivity index (χ4n) is 2.50. The van der Waals surface area contributed by atoms with Crippen LogP contribution in [0.4, 0.5) is 0 Å². The van der Waals surface area contributed by atoms with Crippen LogP contribution in [0, 0.1) is 6.92 Å². The van der Waals surface area contributed by atoms with E-state index < -0.39 is 0 Å². The molecule has 0 aliphatic carbocycles. The van der Waals surface area contributed by atoms with Gasteiger partial charge in [0.05, 0.1) is 0 Å². The van der Waals surface area contributed by atoms with Crippen LogP contribution in [0.15, 0.2) is 42.5 Å². The molecule has 0 bridgehead atoms. The molecule has 0 aliphatic heterocycles. The number of aryl methyl sites for hydroxylation is 2. The molecule has 0 aromatic heterocycles. The predicted octanol–water partition coefficient (Wildman–Crippen LogP) is 6.37. The zero-order chi connectivity index (χ0) is 15.1. The van der Waals surface area contributed by atoms with Gasteiger partial charge in [0.1, 0.15) is 0 Å². The minimum atomic E-state index is 0.561. The zero-order valence-electron chi connectivity index (χ0n) is 13.8. The summed E-state index contributed by atoms with van der Waals surface area (Å²) in [6.07, 6.45) is 1.08. The van der Waals surface area contributed by atoms with Crippen molar-refractivity contribution in [3.05, 3.63) is 59.2 Å². The maximum absolute atomic E-state index is 2.32. The minimum absolute atomic E-state index is 0.561. The second-order valence-corrected chi connectivity index (χ2v) is 5.26. The molecule has 0 unspecified atom stereocenters. The number of rotatable bonds is 3. The van der Waals surface area contributed by atoms with Crippen LogP contribution in [-0.4, -0.2) is 0 Å². The first-order valence-corrected chi connectivity index (χ1v) is 7.82. The first-order valence-electron chi connectivity index (χ1n) is 7.82. The first kappa shape index (κ1) is 16.5. The van der Waals surface area contributed by atoms with Gasteiger partial charge in [-0.2, -0.15) is 0 Å².